The van der Waals surface area contributed by atoms with E-state index in [1.807, 2.05) is 0 Å². The Kier molecular flexibility index (Phi) is 6.71. The van der Waals surface area contributed by atoms with E-state index in [4.69, 9.17) is 3.07 Å². The van der Waals surface area contributed by atoms with Crippen LogP contribution in [0.3, 0.4) is 0 Å². The van der Waals surface area contributed by atoms with Gasteiger partial charge >= 0.3 is 156 Å². The summed E-state index contributed by atoms with van der Waals surface area (Å²) in [5.74, 6) is 0. The van der Waals surface area contributed by atoms with Crippen molar-refractivity contribution in [1.29, 1.82) is 0 Å². The van der Waals surface area contributed by atoms with E-state index in [0.29, 0.717) is 0 Å². The van der Waals surface area contributed by atoms with Crippen LogP contribution in [0.25, 0.3) is 0 Å². The molecule has 0 spiro atoms. The van der Waals surface area contributed by atoms with Crippen LogP contribution < -0.4 is 10.7 Å². The van der Waals surface area contributed by atoms with Crippen LogP contribution in [0.1, 0.15) is 26.2 Å². The monoisotopic (exact) mass is 438 g/mol. The zero-order chi connectivity index (χ0) is 17.4. The van der Waals surface area contributed by atoms with Crippen molar-refractivity contribution in [3.63, 3.8) is 0 Å². The van der Waals surface area contributed by atoms with E-state index in [1.54, 1.807) is 0 Å². The Hall–Kier alpha value is -1.58. The van der Waals surface area contributed by atoms with Crippen LogP contribution in [0, 0.1) is 0 Å². The van der Waals surface area contributed by atoms with Crippen LogP contribution in [0.5, 0.6) is 0 Å². The molecule has 0 aliphatic rings. The van der Waals surface area contributed by atoms with Crippen LogP contribution in [-0.4, -0.2) is 25.4 Å². The molecule has 0 unspecified atom stereocenters. The Balaban J connectivity index is 2.13. The van der Waals surface area contributed by atoms with E-state index in [2.05, 4.69) is 97.9 Å². The molecule has 25 heavy (non-hydrogen) atoms. The molecule has 0 aromatic heterocycles. The van der Waals surface area contributed by atoms with Crippen molar-refractivity contribution in [2.75, 3.05) is 6.61 Å². The summed E-state index contributed by atoms with van der Waals surface area (Å²) in [7, 11) is 0. The Bertz CT molecular complexity index is 644. The zero-order valence-electron chi connectivity index (χ0n) is 14.9. The van der Waals surface area contributed by atoms with Crippen molar-refractivity contribution in [1.82, 2.24) is 0 Å². The van der Waals surface area contributed by atoms with Gasteiger partial charge in [-0.1, -0.05) is 0 Å². The van der Waals surface area contributed by atoms with Crippen LogP contribution in [-0.2, 0) is 3.07 Å². The van der Waals surface area contributed by atoms with Gasteiger partial charge in [-0.2, -0.15) is 0 Å². The topological polar surface area (TPSA) is 9.23 Å². The molecule has 0 radical (unpaired) electrons. The second kappa shape index (κ2) is 9.21. The fourth-order valence-electron chi connectivity index (χ4n) is 3.35. The average Bonchev–Trinajstić information content (AvgIpc) is 2.70. The van der Waals surface area contributed by atoms with Gasteiger partial charge in [0.1, 0.15) is 0 Å². The molecular weight excluding hydrogens is 411 g/mol. The molecule has 0 N–H and O–H groups in total. The summed E-state index contributed by atoms with van der Waals surface area (Å²) in [6, 6.07) is 32.7. The molecule has 0 saturated carbocycles. The molecule has 3 rings (SSSR count). The van der Waals surface area contributed by atoms with E-state index in [1.165, 1.54) is 23.6 Å². The molecule has 0 atom stereocenters. The first kappa shape index (κ1) is 18.2. The second-order valence-corrected chi connectivity index (χ2v) is 16.0. The van der Waals surface area contributed by atoms with Gasteiger partial charge in [0.15, 0.2) is 0 Å². The molecule has 0 aliphatic heterocycles. The third-order valence-electron chi connectivity index (χ3n) is 4.61. The molecule has 0 saturated heterocycles. The molecule has 2 heteroatoms. The number of benzene rings is 3. The Morgan fingerprint density at radius 3 is 1.36 bits per heavy atom. The predicted molar refractivity (Wildman–Crippen MR) is 109 cm³/mol. The molecule has 0 fully saturated rings. The first-order valence-corrected chi connectivity index (χ1v) is 14.6. The summed E-state index contributed by atoms with van der Waals surface area (Å²) < 4.78 is 11.0. The van der Waals surface area contributed by atoms with Crippen LogP contribution in [0.2, 0.25) is 0 Å². The Morgan fingerprint density at radius 1 is 0.600 bits per heavy atom. The third kappa shape index (κ3) is 4.16. The molecular formula is C23H26OSn. The molecule has 0 bridgehead atoms. The van der Waals surface area contributed by atoms with Crippen LogP contribution >= 0.6 is 0 Å². The van der Waals surface area contributed by atoms with Crippen molar-refractivity contribution in [2.45, 2.75) is 26.2 Å². The summed E-state index contributed by atoms with van der Waals surface area (Å²) in [4.78, 5) is 0. The van der Waals surface area contributed by atoms with Gasteiger partial charge in [-0.3, -0.25) is 0 Å². The van der Waals surface area contributed by atoms with Gasteiger partial charge in [-0.25, -0.2) is 0 Å². The fourth-order valence-corrected chi connectivity index (χ4v) is 14.6. The first-order chi connectivity index (χ1) is 12.4. The van der Waals surface area contributed by atoms with E-state index < -0.39 is 18.8 Å². The normalized spacial score (nSPS) is 11.4. The maximum absolute atomic E-state index is 6.90. The van der Waals surface area contributed by atoms with Gasteiger partial charge in [0.25, 0.3) is 0 Å². The minimum absolute atomic E-state index is 0.836. The first-order valence-electron chi connectivity index (χ1n) is 9.18. The standard InChI is InChI=1S/3C6H5.C5H11O.Sn/c3*1-2-4-6-5-3-1;1-2-3-4-5-6;/h3*1-5H;2-5H2,1H3;/q;;;-1;+1. The molecule has 3 aromatic carbocycles. The SMILES string of the molecule is CCCCC[O][Sn]([c]1ccccc1)([c]1ccccc1)[c]1ccccc1. The second-order valence-electron chi connectivity index (χ2n) is 6.33. The minimum atomic E-state index is -3.45. The average molecular weight is 437 g/mol. The molecule has 0 heterocycles. The van der Waals surface area contributed by atoms with Gasteiger partial charge in [-0.05, 0) is 0 Å². The molecule has 0 aliphatic carbocycles. The molecule has 3 aromatic rings. The summed E-state index contributed by atoms with van der Waals surface area (Å²) in [5.41, 5.74) is 0. The predicted octanol–water partition coefficient (Wildman–Crippen LogP) is 3.86. The Morgan fingerprint density at radius 2 is 1.00 bits per heavy atom. The van der Waals surface area contributed by atoms with Gasteiger partial charge in [0.2, 0.25) is 0 Å². The van der Waals surface area contributed by atoms with Gasteiger partial charge < -0.3 is 0 Å². The van der Waals surface area contributed by atoms with E-state index in [-0.39, 0.29) is 0 Å². The van der Waals surface area contributed by atoms with E-state index in [9.17, 15) is 0 Å². The zero-order valence-corrected chi connectivity index (χ0v) is 17.8. The quantitative estimate of drug-likeness (QED) is 0.384. The Labute approximate surface area is 156 Å². The third-order valence-corrected chi connectivity index (χ3v) is 16.2. The van der Waals surface area contributed by atoms with Crippen molar-refractivity contribution < 1.29 is 3.07 Å². The summed E-state index contributed by atoms with van der Waals surface area (Å²) in [6.07, 6.45) is 3.57. The summed E-state index contributed by atoms with van der Waals surface area (Å²) >= 11 is -3.45. The van der Waals surface area contributed by atoms with Crippen molar-refractivity contribution in [2.24, 2.45) is 0 Å². The molecule has 128 valence electrons. The van der Waals surface area contributed by atoms with Crippen molar-refractivity contribution >= 4 is 29.5 Å². The fraction of sp³-hybridized carbons (Fsp3) is 0.217. The number of rotatable bonds is 8. The van der Waals surface area contributed by atoms with E-state index in [0.717, 1.165) is 13.0 Å². The summed E-state index contributed by atoms with van der Waals surface area (Å²) in [6.45, 7) is 3.07. The molecule has 1 nitrogen and oxygen atoms in total. The van der Waals surface area contributed by atoms with Gasteiger partial charge in [0, 0.05) is 0 Å². The van der Waals surface area contributed by atoms with Crippen molar-refractivity contribution in [3.05, 3.63) is 91.0 Å². The maximum atomic E-state index is 6.90. The summed E-state index contributed by atoms with van der Waals surface area (Å²) in [5, 5.41) is 0. The molecule has 0 amide bonds. The number of hydrogen-bond donors (Lipinski definition) is 0. The van der Waals surface area contributed by atoms with Gasteiger partial charge in [0.05, 0.1) is 0 Å². The number of hydrogen-bond acceptors (Lipinski definition) is 1. The number of unbranched alkanes of at least 4 members (excludes halogenated alkanes) is 2. The van der Waals surface area contributed by atoms with E-state index >= 15 is 0 Å². The van der Waals surface area contributed by atoms with Crippen LogP contribution in [0.15, 0.2) is 91.0 Å². The van der Waals surface area contributed by atoms with Crippen LogP contribution in [0.4, 0.5) is 0 Å². The van der Waals surface area contributed by atoms with Gasteiger partial charge in [-0.15, -0.1) is 0 Å². The van der Waals surface area contributed by atoms with Crippen molar-refractivity contribution in [3.8, 4) is 0 Å².